The van der Waals surface area contributed by atoms with E-state index in [1.807, 2.05) is 6.92 Å². The predicted molar refractivity (Wildman–Crippen MR) is 91.0 cm³/mol. The maximum absolute atomic E-state index is 12.3. The maximum Gasteiger partial charge on any atom is 0.268 e. The lowest BCUT2D eigenvalue weighted by molar-refractivity contribution is -0.121. The van der Waals surface area contributed by atoms with Crippen LogP contribution in [0.4, 0.5) is 0 Å². The molecule has 7 nitrogen and oxygen atoms in total. The van der Waals surface area contributed by atoms with Crippen molar-refractivity contribution >= 4 is 50.9 Å². The summed E-state index contributed by atoms with van der Waals surface area (Å²) in [5, 5.41) is 8.51. The van der Waals surface area contributed by atoms with Gasteiger partial charge in [-0.15, -0.1) is 11.3 Å². The van der Waals surface area contributed by atoms with Crippen LogP contribution >= 0.6 is 22.9 Å². The highest BCUT2D eigenvalue weighted by atomic mass is 35.5. The highest BCUT2D eigenvalue weighted by molar-refractivity contribution is 7.19. The van der Waals surface area contributed by atoms with Crippen molar-refractivity contribution in [1.29, 1.82) is 0 Å². The third-order valence-electron chi connectivity index (χ3n) is 3.35. The Morgan fingerprint density at radius 1 is 1.61 bits per heavy atom. The number of fused-ring (bicyclic) bond motifs is 1. The van der Waals surface area contributed by atoms with Crippen LogP contribution in [-0.2, 0) is 4.79 Å². The molecule has 0 aromatic carbocycles. The minimum Gasteiger partial charge on any atom is -0.349 e. The molecule has 1 aliphatic rings. The molecule has 2 aromatic heterocycles. The number of carbonyl (C=O) groups excluding carboxylic acids is 2. The number of nitrogens with one attached hydrogen (secondary N) is 4. The molecule has 0 saturated carbocycles. The summed E-state index contributed by atoms with van der Waals surface area (Å²) in [4.78, 5) is 32.3. The monoisotopic (exact) mass is 351 g/mol. The first kappa shape index (κ1) is 15.6. The molecule has 120 valence electrons. The van der Waals surface area contributed by atoms with Crippen molar-refractivity contribution in [1.82, 2.24) is 20.9 Å². The number of amides is 2. The SMILES string of the molecule is C=CNC1=NCC(NC(=O)c2cc3sc(C)c(Cl)c3[nH]2)C(=O)N1. The summed E-state index contributed by atoms with van der Waals surface area (Å²) < 4.78 is 0.904. The van der Waals surface area contributed by atoms with Gasteiger partial charge in [0.05, 0.1) is 21.8 Å². The molecule has 0 spiro atoms. The molecule has 1 unspecified atom stereocenters. The van der Waals surface area contributed by atoms with Gasteiger partial charge in [-0.25, -0.2) is 4.99 Å². The van der Waals surface area contributed by atoms with E-state index in [9.17, 15) is 9.59 Å². The number of halogens is 1. The average Bonchev–Trinajstić information content (AvgIpc) is 3.03. The number of H-pyrrole nitrogens is 1. The molecule has 0 radical (unpaired) electrons. The minimum absolute atomic E-state index is 0.155. The number of aliphatic imine (C=N–C) groups is 1. The van der Waals surface area contributed by atoms with E-state index in [1.54, 1.807) is 6.07 Å². The van der Waals surface area contributed by atoms with E-state index in [4.69, 9.17) is 11.6 Å². The normalized spacial score (nSPS) is 17.6. The minimum atomic E-state index is -0.726. The second kappa shape index (κ2) is 6.05. The van der Waals surface area contributed by atoms with E-state index >= 15 is 0 Å². The van der Waals surface area contributed by atoms with Gasteiger partial charge in [-0.05, 0) is 19.2 Å². The van der Waals surface area contributed by atoms with E-state index in [0.29, 0.717) is 16.7 Å². The zero-order valence-electron chi connectivity index (χ0n) is 12.2. The standard InChI is InChI=1S/C14H14ClN5O2S/c1-3-16-14-17-5-8(13(22)20-14)19-12(21)7-4-9-11(18-7)10(15)6(2)23-9/h3-4,8,18H,1,5H2,2H3,(H,19,21)(H2,16,17,20,22). The zero-order chi connectivity index (χ0) is 16.6. The number of hydrogen-bond acceptors (Lipinski definition) is 5. The molecule has 1 aliphatic heterocycles. The van der Waals surface area contributed by atoms with Crippen molar-refractivity contribution in [3.05, 3.63) is 34.4 Å². The second-order valence-electron chi connectivity index (χ2n) is 4.95. The van der Waals surface area contributed by atoms with Crippen LogP contribution < -0.4 is 16.0 Å². The quantitative estimate of drug-likeness (QED) is 0.674. The summed E-state index contributed by atoms with van der Waals surface area (Å²) in [6.45, 7) is 5.56. The molecule has 3 heterocycles. The van der Waals surface area contributed by atoms with Gasteiger partial charge in [0.2, 0.25) is 5.96 Å². The van der Waals surface area contributed by atoms with E-state index < -0.39 is 6.04 Å². The highest BCUT2D eigenvalue weighted by Crippen LogP contribution is 2.34. The molecular formula is C14H14ClN5O2S. The second-order valence-corrected chi connectivity index (χ2v) is 6.58. The summed E-state index contributed by atoms with van der Waals surface area (Å²) >= 11 is 7.68. The third kappa shape index (κ3) is 2.95. The number of nitrogens with zero attached hydrogens (tertiary/aromatic N) is 1. The lowest BCUT2D eigenvalue weighted by Gasteiger charge is -2.21. The Bertz CT molecular complexity index is 838. The number of hydrogen-bond donors (Lipinski definition) is 4. The van der Waals surface area contributed by atoms with Crippen molar-refractivity contribution < 1.29 is 9.59 Å². The van der Waals surface area contributed by atoms with Crippen LogP contribution in [0.1, 0.15) is 15.4 Å². The van der Waals surface area contributed by atoms with Crippen LogP contribution in [0.5, 0.6) is 0 Å². The van der Waals surface area contributed by atoms with Gasteiger partial charge in [-0.2, -0.15) is 0 Å². The van der Waals surface area contributed by atoms with Gasteiger partial charge in [0.1, 0.15) is 11.7 Å². The first-order valence-electron chi connectivity index (χ1n) is 6.81. The Hall–Kier alpha value is -2.32. The fraction of sp³-hybridized carbons (Fsp3) is 0.214. The number of rotatable bonds is 3. The number of thiophene rings is 1. The van der Waals surface area contributed by atoms with Crippen molar-refractivity contribution in [2.75, 3.05) is 6.54 Å². The predicted octanol–water partition coefficient (Wildman–Crippen LogP) is 1.51. The summed E-state index contributed by atoms with van der Waals surface area (Å²) in [5.74, 6) is -0.393. The molecule has 3 rings (SSSR count). The van der Waals surface area contributed by atoms with Crippen molar-refractivity contribution in [2.24, 2.45) is 4.99 Å². The number of aryl methyl sites for hydroxylation is 1. The highest BCUT2D eigenvalue weighted by Gasteiger charge is 2.26. The van der Waals surface area contributed by atoms with Crippen molar-refractivity contribution in [2.45, 2.75) is 13.0 Å². The summed E-state index contributed by atoms with van der Waals surface area (Å²) in [6, 6.07) is 1.000. The Balaban J connectivity index is 1.73. The van der Waals surface area contributed by atoms with Gasteiger partial charge in [-0.1, -0.05) is 18.2 Å². The van der Waals surface area contributed by atoms with Gasteiger partial charge >= 0.3 is 0 Å². The summed E-state index contributed by atoms with van der Waals surface area (Å²) in [7, 11) is 0. The number of aromatic amines is 1. The molecule has 0 saturated heterocycles. The summed E-state index contributed by atoms with van der Waals surface area (Å²) in [5.41, 5.74) is 1.10. The molecule has 23 heavy (non-hydrogen) atoms. The Labute approximate surface area is 140 Å². The van der Waals surface area contributed by atoms with E-state index in [-0.39, 0.29) is 18.4 Å². The van der Waals surface area contributed by atoms with Crippen LogP contribution in [0.2, 0.25) is 5.02 Å². The Morgan fingerprint density at radius 3 is 3.04 bits per heavy atom. The topological polar surface area (TPSA) is 98.4 Å². The molecule has 2 aromatic rings. The van der Waals surface area contributed by atoms with Gasteiger partial charge in [0, 0.05) is 4.88 Å². The zero-order valence-corrected chi connectivity index (χ0v) is 13.8. The average molecular weight is 352 g/mol. The lowest BCUT2D eigenvalue weighted by Crippen LogP contribution is -2.55. The van der Waals surface area contributed by atoms with Crippen LogP contribution in [0.15, 0.2) is 23.8 Å². The van der Waals surface area contributed by atoms with E-state index in [0.717, 1.165) is 15.1 Å². The molecule has 0 aliphatic carbocycles. The third-order valence-corrected chi connectivity index (χ3v) is 4.99. The van der Waals surface area contributed by atoms with Crippen LogP contribution in [0.25, 0.3) is 10.2 Å². The lowest BCUT2D eigenvalue weighted by atomic mass is 10.2. The van der Waals surface area contributed by atoms with Gasteiger partial charge in [0.15, 0.2) is 0 Å². The smallest absolute Gasteiger partial charge is 0.268 e. The van der Waals surface area contributed by atoms with Gasteiger partial charge in [0.25, 0.3) is 11.8 Å². The Kier molecular flexibility index (Phi) is 4.10. The molecule has 0 bridgehead atoms. The van der Waals surface area contributed by atoms with E-state index in [2.05, 4.69) is 32.5 Å². The van der Waals surface area contributed by atoms with E-state index in [1.165, 1.54) is 17.5 Å². The number of aromatic nitrogens is 1. The first-order chi connectivity index (χ1) is 11.0. The van der Waals surface area contributed by atoms with Crippen molar-refractivity contribution in [3.8, 4) is 0 Å². The van der Waals surface area contributed by atoms with Crippen molar-refractivity contribution in [3.63, 3.8) is 0 Å². The first-order valence-corrected chi connectivity index (χ1v) is 8.00. The fourth-order valence-corrected chi connectivity index (χ4v) is 3.50. The Morgan fingerprint density at radius 2 is 2.39 bits per heavy atom. The summed E-state index contributed by atoms with van der Waals surface area (Å²) in [6.07, 6.45) is 1.41. The van der Waals surface area contributed by atoms with Crippen LogP contribution in [0.3, 0.4) is 0 Å². The molecule has 2 amide bonds. The van der Waals surface area contributed by atoms with Crippen LogP contribution in [0, 0.1) is 6.92 Å². The molecule has 0 fully saturated rings. The van der Waals surface area contributed by atoms with Gasteiger partial charge < -0.3 is 15.6 Å². The molecule has 1 atom stereocenters. The number of carbonyl (C=O) groups is 2. The largest absolute Gasteiger partial charge is 0.349 e. The number of guanidine groups is 1. The fourth-order valence-electron chi connectivity index (χ4n) is 2.22. The van der Waals surface area contributed by atoms with Gasteiger partial charge in [-0.3, -0.25) is 14.9 Å². The molecular weight excluding hydrogens is 338 g/mol. The maximum atomic E-state index is 12.3. The molecule has 4 N–H and O–H groups in total. The van der Waals surface area contributed by atoms with Crippen LogP contribution in [-0.4, -0.2) is 35.3 Å². The molecule has 9 heteroatoms.